The van der Waals surface area contributed by atoms with E-state index in [9.17, 15) is 4.79 Å². The maximum atomic E-state index is 10.8. The molecule has 0 rings (SSSR count). The lowest BCUT2D eigenvalue weighted by Gasteiger charge is -2.40. The molecule has 0 aliphatic heterocycles. The summed E-state index contributed by atoms with van der Waals surface area (Å²) >= 11 is 1.69. The number of nitrogens with two attached hydrogens (primary N) is 1. The molecule has 0 saturated heterocycles. The van der Waals surface area contributed by atoms with Gasteiger partial charge in [0.15, 0.2) is 0 Å². The second-order valence-electron chi connectivity index (χ2n) is 5.01. The first-order valence-corrected chi connectivity index (χ1v) is 5.91. The third-order valence-electron chi connectivity index (χ3n) is 2.02. The molecule has 0 saturated carbocycles. The summed E-state index contributed by atoms with van der Waals surface area (Å²) in [6.07, 6.45) is 1.31. The molecular formula is C10H21NO2S. The smallest absolute Gasteiger partial charge is 0.405 e. The van der Waals surface area contributed by atoms with E-state index in [1.807, 2.05) is 20.1 Å². The van der Waals surface area contributed by atoms with Crippen molar-refractivity contribution < 1.29 is 9.53 Å². The van der Waals surface area contributed by atoms with E-state index in [1.54, 1.807) is 11.8 Å². The Bertz CT molecular complexity index is 209. The summed E-state index contributed by atoms with van der Waals surface area (Å²) in [6.45, 7) is 10.2. The summed E-state index contributed by atoms with van der Waals surface area (Å²) in [5.41, 5.74) is 4.57. The van der Waals surface area contributed by atoms with Gasteiger partial charge in [0.25, 0.3) is 0 Å². The van der Waals surface area contributed by atoms with Crippen LogP contribution in [0.5, 0.6) is 0 Å². The van der Waals surface area contributed by atoms with Gasteiger partial charge in [-0.2, -0.15) is 11.8 Å². The van der Waals surface area contributed by atoms with Crippen molar-refractivity contribution in [3.8, 4) is 0 Å². The summed E-state index contributed by atoms with van der Waals surface area (Å²) in [4.78, 5) is 10.8. The highest BCUT2D eigenvalue weighted by Crippen LogP contribution is 2.38. The first kappa shape index (κ1) is 13.6. The highest BCUT2D eigenvalue weighted by molar-refractivity contribution is 7.99. The van der Waals surface area contributed by atoms with Crippen molar-refractivity contribution in [2.45, 2.75) is 45.5 Å². The molecule has 84 valence electrons. The van der Waals surface area contributed by atoms with Crippen LogP contribution in [0.2, 0.25) is 0 Å². The van der Waals surface area contributed by atoms with E-state index >= 15 is 0 Å². The molecule has 1 unspecified atom stereocenters. The molecule has 0 heterocycles. The van der Waals surface area contributed by atoms with Crippen molar-refractivity contribution in [1.82, 2.24) is 0 Å². The molecule has 14 heavy (non-hydrogen) atoms. The Morgan fingerprint density at radius 3 is 1.93 bits per heavy atom. The van der Waals surface area contributed by atoms with Gasteiger partial charge in [0, 0.05) is 5.25 Å². The quantitative estimate of drug-likeness (QED) is 0.794. The molecule has 0 aromatic carbocycles. The number of rotatable bonds is 3. The Kier molecular flexibility index (Phi) is 4.31. The predicted octanol–water partition coefficient (Wildman–Crippen LogP) is 2.64. The number of ether oxygens (including phenoxy) is 1. The van der Waals surface area contributed by atoms with Crippen LogP contribution in [0.1, 0.15) is 34.6 Å². The van der Waals surface area contributed by atoms with E-state index in [4.69, 9.17) is 10.5 Å². The Hall–Kier alpha value is -0.380. The summed E-state index contributed by atoms with van der Waals surface area (Å²) in [6, 6.07) is 0. The van der Waals surface area contributed by atoms with E-state index in [0.29, 0.717) is 0 Å². The second-order valence-corrected chi connectivity index (χ2v) is 5.95. The molecule has 1 atom stereocenters. The highest BCUT2D eigenvalue weighted by Gasteiger charge is 2.40. The van der Waals surface area contributed by atoms with Crippen LogP contribution in [0.15, 0.2) is 0 Å². The minimum Gasteiger partial charge on any atom is -0.442 e. The zero-order valence-electron chi connectivity index (χ0n) is 9.88. The highest BCUT2D eigenvalue weighted by atomic mass is 32.2. The van der Waals surface area contributed by atoms with E-state index in [-0.39, 0.29) is 10.7 Å². The average Bonchev–Trinajstić information content (AvgIpc) is 1.79. The monoisotopic (exact) mass is 219 g/mol. The topological polar surface area (TPSA) is 52.3 Å². The minimum absolute atomic E-state index is 0.0678. The summed E-state index contributed by atoms with van der Waals surface area (Å²) in [5.74, 6) is 0. The van der Waals surface area contributed by atoms with Gasteiger partial charge in [-0.05, 0) is 25.5 Å². The maximum Gasteiger partial charge on any atom is 0.405 e. The first-order valence-electron chi connectivity index (χ1n) is 4.62. The molecule has 3 nitrogen and oxygen atoms in total. The zero-order chi connectivity index (χ0) is 11.6. The molecule has 2 N–H and O–H groups in total. The van der Waals surface area contributed by atoms with Gasteiger partial charge >= 0.3 is 6.09 Å². The number of carbonyl (C=O) groups is 1. The van der Waals surface area contributed by atoms with E-state index in [2.05, 4.69) is 20.8 Å². The molecule has 0 fully saturated rings. The lowest BCUT2D eigenvalue weighted by molar-refractivity contribution is 0.0221. The van der Waals surface area contributed by atoms with Gasteiger partial charge in [0.2, 0.25) is 0 Å². The minimum atomic E-state index is -0.710. The molecular weight excluding hydrogens is 198 g/mol. The SMILES string of the molecule is CSC(C(C)(C)C)C(C)(C)OC(N)=O. The van der Waals surface area contributed by atoms with Crippen LogP contribution in [0.3, 0.4) is 0 Å². The fourth-order valence-corrected chi connectivity index (χ4v) is 3.32. The molecule has 1 amide bonds. The fraction of sp³-hybridized carbons (Fsp3) is 0.900. The van der Waals surface area contributed by atoms with E-state index < -0.39 is 11.7 Å². The lowest BCUT2D eigenvalue weighted by Crippen LogP contribution is -2.46. The Balaban J connectivity index is 4.74. The van der Waals surface area contributed by atoms with Gasteiger partial charge in [0.1, 0.15) is 5.60 Å². The van der Waals surface area contributed by atoms with Crippen molar-refractivity contribution in [1.29, 1.82) is 0 Å². The van der Waals surface area contributed by atoms with Gasteiger partial charge in [-0.1, -0.05) is 20.8 Å². The van der Waals surface area contributed by atoms with Crippen LogP contribution in [0.4, 0.5) is 4.79 Å². The third kappa shape index (κ3) is 3.78. The van der Waals surface area contributed by atoms with Crippen LogP contribution < -0.4 is 5.73 Å². The second kappa shape index (κ2) is 4.43. The van der Waals surface area contributed by atoms with Crippen LogP contribution in [-0.4, -0.2) is 23.2 Å². The average molecular weight is 219 g/mol. The van der Waals surface area contributed by atoms with Crippen molar-refractivity contribution in [3.05, 3.63) is 0 Å². The van der Waals surface area contributed by atoms with Crippen molar-refractivity contribution in [2.24, 2.45) is 11.1 Å². The lowest BCUT2D eigenvalue weighted by atomic mass is 9.83. The number of amides is 1. The van der Waals surface area contributed by atoms with Gasteiger partial charge in [0.05, 0.1) is 0 Å². The fourth-order valence-electron chi connectivity index (χ4n) is 1.99. The molecule has 0 bridgehead atoms. The predicted molar refractivity (Wildman–Crippen MR) is 61.5 cm³/mol. The number of primary amides is 1. The van der Waals surface area contributed by atoms with Crippen LogP contribution in [-0.2, 0) is 4.74 Å². The van der Waals surface area contributed by atoms with Gasteiger partial charge < -0.3 is 10.5 Å². The van der Waals surface area contributed by atoms with Crippen molar-refractivity contribution in [2.75, 3.05) is 6.26 Å². The van der Waals surface area contributed by atoms with Crippen LogP contribution in [0.25, 0.3) is 0 Å². The summed E-state index contributed by atoms with van der Waals surface area (Å²) < 4.78 is 5.14. The Morgan fingerprint density at radius 2 is 1.71 bits per heavy atom. The van der Waals surface area contributed by atoms with E-state index in [1.165, 1.54) is 0 Å². The van der Waals surface area contributed by atoms with Gasteiger partial charge in [-0.25, -0.2) is 4.79 Å². The summed E-state index contributed by atoms with van der Waals surface area (Å²) in [5, 5.41) is 0.211. The molecule has 0 aromatic heterocycles. The van der Waals surface area contributed by atoms with Crippen LogP contribution in [0, 0.1) is 5.41 Å². The van der Waals surface area contributed by atoms with Crippen molar-refractivity contribution in [3.63, 3.8) is 0 Å². The molecule has 0 spiro atoms. The molecule has 0 aromatic rings. The molecule has 0 radical (unpaired) electrons. The first-order chi connectivity index (χ1) is 6.11. The number of hydrogen-bond acceptors (Lipinski definition) is 3. The van der Waals surface area contributed by atoms with Crippen LogP contribution >= 0.6 is 11.8 Å². The Morgan fingerprint density at radius 1 is 1.29 bits per heavy atom. The normalized spacial score (nSPS) is 15.0. The molecule has 0 aliphatic carbocycles. The van der Waals surface area contributed by atoms with Crippen molar-refractivity contribution >= 4 is 17.9 Å². The molecule has 0 aliphatic rings. The molecule has 4 heteroatoms. The maximum absolute atomic E-state index is 10.8. The number of thioether (sulfide) groups is 1. The summed E-state index contributed by atoms with van der Waals surface area (Å²) in [7, 11) is 0. The number of carbonyl (C=O) groups excluding carboxylic acids is 1. The Labute approximate surface area is 90.8 Å². The van der Waals surface area contributed by atoms with E-state index in [0.717, 1.165) is 0 Å². The zero-order valence-corrected chi connectivity index (χ0v) is 10.7. The van der Waals surface area contributed by atoms with Gasteiger partial charge in [-0.15, -0.1) is 0 Å². The third-order valence-corrected chi connectivity index (χ3v) is 3.76. The standard InChI is InChI=1S/C10H21NO2S/c1-9(2,3)7(14-6)10(4,5)13-8(11)12/h7H,1-6H3,(H2,11,12). The van der Waals surface area contributed by atoms with Gasteiger partial charge in [-0.3, -0.25) is 0 Å². The number of hydrogen-bond donors (Lipinski definition) is 1. The largest absolute Gasteiger partial charge is 0.442 e.